The summed E-state index contributed by atoms with van der Waals surface area (Å²) in [6.07, 6.45) is 1.35. The third kappa shape index (κ3) is 2.99. The summed E-state index contributed by atoms with van der Waals surface area (Å²) in [7, 11) is 1.55. The maximum atomic E-state index is 12.0. The average Bonchev–Trinajstić information content (AvgIpc) is 2.50. The smallest absolute Gasteiger partial charge is 0.411 e. The molecule has 1 unspecified atom stereocenters. The molecular weight excluding hydrogens is 274 g/mol. The summed E-state index contributed by atoms with van der Waals surface area (Å²) < 4.78 is 10.1. The van der Waals surface area contributed by atoms with Gasteiger partial charge in [-0.1, -0.05) is 18.7 Å². The van der Waals surface area contributed by atoms with Crippen molar-refractivity contribution in [3.05, 3.63) is 42.0 Å². The fourth-order valence-corrected chi connectivity index (χ4v) is 2.41. The van der Waals surface area contributed by atoms with Crippen LogP contribution in [0.25, 0.3) is 0 Å². The van der Waals surface area contributed by atoms with Crippen LogP contribution in [-0.2, 0) is 16.0 Å². The monoisotopic (exact) mass is 291 g/mol. The molecule has 0 fully saturated rings. The number of carbonyl (C=O) groups excluding carboxylic acids is 1. The van der Waals surface area contributed by atoms with Crippen molar-refractivity contribution >= 4 is 12.1 Å². The summed E-state index contributed by atoms with van der Waals surface area (Å²) >= 11 is 0. The van der Waals surface area contributed by atoms with Crippen molar-refractivity contribution in [2.24, 2.45) is 0 Å². The Hall–Kier alpha value is -2.50. The Balaban J connectivity index is 2.32. The Morgan fingerprint density at radius 1 is 1.52 bits per heavy atom. The van der Waals surface area contributed by atoms with Crippen LogP contribution in [0.3, 0.4) is 0 Å². The molecule has 0 spiro atoms. The molecule has 6 heteroatoms. The van der Waals surface area contributed by atoms with E-state index in [2.05, 4.69) is 6.58 Å². The van der Waals surface area contributed by atoms with E-state index < -0.39 is 18.1 Å². The van der Waals surface area contributed by atoms with Crippen LogP contribution in [0.15, 0.2) is 30.9 Å². The molecule has 1 aromatic rings. The standard InChI is InChI=1S/C15H17NO5/c1-3-8-21-15(19)16-7-6-10-9-11(20-2)4-5-12(10)13(16)14(17)18/h3-5,9,13H,1,6-8H2,2H3,(H,17,18). The maximum Gasteiger partial charge on any atom is 0.411 e. The summed E-state index contributed by atoms with van der Waals surface area (Å²) in [5, 5.41) is 9.46. The molecule has 112 valence electrons. The van der Waals surface area contributed by atoms with Gasteiger partial charge in [0.25, 0.3) is 0 Å². The van der Waals surface area contributed by atoms with E-state index in [-0.39, 0.29) is 13.2 Å². The summed E-state index contributed by atoms with van der Waals surface area (Å²) in [6, 6.07) is 4.13. The fraction of sp³-hybridized carbons (Fsp3) is 0.333. The van der Waals surface area contributed by atoms with Gasteiger partial charge in [0.2, 0.25) is 0 Å². The first-order valence-electron chi connectivity index (χ1n) is 6.52. The van der Waals surface area contributed by atoms with Crippen LogP contribution in [0.5, 0.6) is 5.75 Å². The van der Waals surface area contributed by atoms with E-state index in [1.54, 1.807) is 25.3 Å². The highest BCUT2D eigenvalue weighted by Crippen LogP contribution is 2.32. The number of hydrogen-bond donors (Lipinski definition) is 1. The predicted molar refractivity (Wildman–Crippen MR) is 75.3 cm³/mol. The van der Waals surface area contributed by atoms with Crippen LogP contribution in [0.1, 0.15) is 17.2 Å². The number of hydrogen-bond acceptors (Lipinski definition) is 4. The zero-order chi connectivity index (χ0) is 15.4. The van der Waals surface area contributed by atoms with Crippen molar-refractivity contribution in [2.75, 3.05) is 20.3 Å². The van der Waals surface area contributed by atoms with Gasteiger partial charge in [-0.2, -0.15) is 0 Å². The fourth-order valence-electron chi connectivity index (χ4n) is 2.41. The zero-order valence-electron chi connectivity index (χ0n) is 11.7. The highest BCUT2D eigenvalue weighted by atomic mass is 16.6. The molecule has 2 rings (SSSR count). The van der Waals surface area contributed by atoms with Crippen LogP contribution >= 0.6 is 0 Å². The van der Waals surface area contributed by atoms with E-state index in [0.717, 1.165) is 5.56 Å². The van der Waals surface area contributed by atoms with Crippen molar-refractivity contribution in [3.8, 4) is 5.75 Å². The lowest BCUT2D eigenvalue weighted by atomic mass is 9.92. The van der Waals surface area contributed by atoms with Gasteiger partial charge >= 0.3 is 12.1 Å². The molecule has 1 aromatic carbocycles. The van der Waals surface area contributed by atoms with E-state index in [1.807, 2.05) is 0 Å². The van der Waals surface area contributed by atoms with Gasteiger partial charge < -0.3 is 14.6 Å². The van der Waals surface area contributed by atoms with Crippen LogP contribution in [0.2, 0.25) is 0 Å². The van der Waals surface area contributed by atoms with E-state index in [4.69, 9.17) is 9.47 Å². The minimum atomic E-state index is -1.09. The van der Waals surface area contributed by atoms with Gasteiger partial charge in [0.05, 0.1) is 7.11 Å². The number of carbonyl (C=O) groups is 2. The number of benzene rings is 1. The largest absolute Gasteiger partial charge is 0.497 e. The quantitative estimate of drug-likeness (QED) is 0.859. The van der Waals surface area contributed by atoms with Crippen LogP contribution in [-0.4, -0.2) is 42.3 Å². The topological polar surface area (TPSA) is 76.1 Å². The Morgan fingerprint density at radius 3 is 2.90 bits per heavy atom. The van der Waals surface area contributed by atoms with Gasteiger partial charge in [-0.25, -0.2) is 9.59 Å². The maximum absolute atomic E-state index is 12.0. The highest BCUT2D eigenvalue weighted by molar-refractivity contribution is 5.82. The van der Waals surface area contributed by atoms with Crippen LogP contribution in [0, 0.1) is 0 Å². The van der Waals surface area contributed by atoms with Crippen LogP contribution in [0.4, 0.5) is 4.79 Å². The number of carboxylic acids is 1. The van der Waals surface area contributed by atoms with E-state index in [0.29, 0.717) is 17.7 Å². The number of aliphatic carboxylic acids is 1. The van der Waals surface area contributed by atoms with Gasteiger partial charge in [-0.3, -0.25) is 4.90 Å². The molecular formula is C15H17NO5. The molecule has 21 heavy (non-hydrogen) atoms. The molecule has 6 nitrogen and oxygen atoms in total. The molecule has 0 aliphatic carbocycles. The van der Waals surface area contributed by atoms with Gasteiger partial charge in [-0.15, -0.1) is 0 Å². The summed E-state index contributed by atoms with van der Waals surface area (Å²) in [5.41, 5.74) is 1.46. The second kappa shape index (κ2) is 6.30. The third-order valence-corrected chi connectivity index (χ3v) is 3.37. The average molecular weight is 291 g/mol. The molecule has 1 aliphatic heterocycles. The molecule has 1 aliphatic rings. The molecule has 0 saturated heterocycles. The van der Waals surface area contributed by atoms with Crippen molar-refractivity contribution in [1.82, 2.24) is 4.90 Å². The second-order valence-electron chi connectivity index (χ2n) is 4.61. The zero-order valence-corrected chi connectivity index (χ0v) is 11.7. The van der Waals surface area contributed by atoms with Crippen LogP contribution < -0.4 is 4.74 Å². The number of amides is 1. The number of fused-ring (bicyclic) bond motifs is 1. The molecule has 0 bridgehead atoms. The van der Waals surface area contributed by atoms with Crippen molar-refractivity contribution in [2.45, 2.75) is 12.5 Å². The van der Waals surface area contributed by atoms with Gasteiger partial charge in [0.15, 0.2) is 6.04 Å². The number of methoxy groups -OCH3 is 1. The lowest BCUT2D eigenvalue weighted by Gasteiger charge is -2.34. The Labute approximate surface area is 122 Å². The molecule has 0 radical (unpaired) electrons. The SMILES string of the molecule is C=CCOC(=O)N1CCc2cc(OC)ccc2C1C(=O)O. The first kappa shape index (κ1) is 14.9. The lowest BCUT2D eigenvalue weighted by molar-refractivity contribution is -0.143. The molecule has 0 saturated carbocycles. The molecule has 1 N–H and O–H groups in total. The predicted octanol–water partition coefficient (Wildman–Crippen LogP) is 2.00. The normalized spacial score (nSPS) is 16.8. The Bertz CT molecular complexity index is 569. The summed E-state index contributed by atoms with van der Waals surface area (Å²) in [6.45, 7) is 3.80. The first-order valence-corrected chi connectivity index (χ1v) is 6.52. The number of carboxylic acid groups (broad SMARTS) is 1. The lowest BCUT2D eigenvalue weighted by Crippen LogP contribution is -2.43. The number of ether oxygens (including phenoxy) is 2. The molecule has 1 heterocycles. The first-order chi connectivity index (χ1) is 10.1. The number of nitrogens with zero attached hydrogens (tertiary/aromatic N) is 1. The van der Waals surface area contributed by atoms with Crippen molar-refractivity contribution < 1.29 is 24.2 Å². The summed E-state index contributed by atoms with van der Waals surface area (Å²) in [5.74, 6) is -0.419. The van der Waals surface area contributed by atoms with E-state index in [1.165, 1.54) is 11.0 Å². The summed E-state index contributed by atoms with van der Waals surface area (Å²) in [4.78, 5) is 24.8. The molecule has 1 atom stereocenters. The van der Waals surface area contributed by atoms with Gasteiger partial charge in [-0.05, 0) is 29.7 Å². The van der Waals surface area contributed by atoms with Crippen molar-refractivity contribution in [1.29, 1.82) is 0 Å². The molecule has 1 amide bonds. The Kier molecular flexibility index (Phi) is 4.47. The van der Waals surface area contributed by atoms with Gasteiger partial charge in [0.1, 0.15) is 12.4 Å². The third-order valence-electron chi connectivity index (χ3n) is 3.37. The Morgan fingerprint density at radius 2 is 2.29 bits per heavy atom. The molecule has 0 aromatic heterocycles. The van der Waals surface area contributed by atoms with E-state index in [9.17, 15) is 14.7 Å². The minimum Gasteiger partial charge on any atom is -0.497 e. The highest BCUT2D eigenvalue weighted by Gasteiger charge is 2.36. The van der Waals surface area contributed by atoms with E-state index >= 15 is 0 Å². The second-order valence-corrected chi connectivity index (χ2v) is 4.61. The van der Waals surface area contributed by atoms with Crippen molar-refractivity contribution in [3.63, 3.8) is 0 Å². The minimum absolute atomic E-state index is 0.0527. The van der Waals surface area contributed by atoms with Gasteiger partial charge in [0, 0.05) is 6.54 Å². The number of rotatable bonds is 4.